The number of amides is 3. The number of hydrogen-bond acceptors (Lipinski definition) is 5. The van der Waals surface area contributed by atoms with Gasteiger partial charge in [0.05, 0.1) is 24.2 Å². The number of piperidine rings is 1. The Morgan fingerprint density at radius 2 is 1.84 bits per heavy atom. The molecule has 1 saturated heterocycles. The number of carbonyl (C=O) groups excluding carboxylic acids is 3. The summed E-state index contributed by atoms with van der Waals surface area (Å²) in [6.07, 6.45) is 5.34. The average molecular weight is 517 g/mol. The van der Waals surface area contributed by atoms with Crippen LogP contribution in [0.4, 0.5) is 19.7 Å². The molecule has 2 heterocycles. The van der Waals surface area contributed by atoms with Crippen molar-refractivity contribution in [3.05, 3.63) is 30.2 Å². The number of ether oxygens (including phenoxy) is 2. The van der Waals surface area contributed by atoms with Gasteiger partial charge in [-0.25, -0.2) is 14.0 Å². The fourth-order valence-electron chi connectivity index (χ4n) is 5.54. The quantitative estimate of drug-likeness (QED) is 0.546. The Morgan fingerprint density at radius 1 is 1.16 bits per heavy atom. The molecule has 9 nitrogen and oxygen atoms in total. The Balaban J connectivity index is 1.42. The molecular weight excluding hydrogens is 479 g/mol. The average Bonchev–Trinajstić information content (AvgIpc) is 3.22. The van der Waals surface area contributed by atoms with E-state index in [0.717, 1.165) is 36.1 Å². The molecule has 4 rings (SSSR count). The zero-order chi connectivity index (χ0) is 27.0. The SMILES string of the molecule is CCOC(=O)CCN(C(N)=O)c1ccc2c(ccn2C2CC3(CCN(C(=O)OC(C)(C)C)CC3)C2)c1F. The van der Waals surface area contributed by atoms with Gasteiger partial charge in [-0.2, -0.15) is 0 Å². The minimum absolute atomic E-state index is 0.0432. The molecule has 2 N–H and O–H groups in total. The van der Waals surface area contributed by atoms with E-state index < -0.39 is 23.4 Å². The fraction of sp³-hybridized carbons (Fsp3) is 0.593. The summed E-state index contributed by atoms with van der Waals surface area (Å²) in [6.45, 7) is 8.83. The van der Waals surface area contributed by atoms with E-state index in [1.807, 2.05) is 27.0 Å². The first-order valence-corrected chi connectivity index (χ1v) is 12.9. The zero-order valence-corrected chi connectivity index (χ0v) is 22.1. The normalized spacial score (nSPS) is 17.5. The first-order chi connectivity index (χ1) is 17.4. The molecule has 1 saturated carbocycles. The van der Waals surface area contributed by atoms with Gasteiger partial charge in [0.2, 0.25) is 0 Å². The zero-order valence-electron chi connectivity index (χ0n) is 22.1. The molecule has 1 spiro atoms. The maximum absolute atomic E-state index is 15.5. The highest BCUT2D eigenvalue weighted by atomic mass is 19.1. The van der Waals surface area contributed by atoms with Gasteiger partial charge < -0.3 is 24.7 Å². The van der Waals surface area contributed by atoms with Gasteiger partial charge in [-0.15, -0.1) is 0 Å². The maximum atomic E-state index is 15.5. The largest absolute Gasteiger partial charge is 0.466 e. The van der Waals surface area contributed by atoms with Crippen LogP contribution in [0.15, 0.2) is 24.4 Å². The number of esters is 1. The van der Waals surface area contributed by atoms with Crippen molar-refractivity contribution in [3.8, 4) is 0 Å². The number of halogens is 1. The van der Waals surface area contributed by atoms with Crippen LogP contribution in [0, 0.1) is 11.2 Å². The van der Waals surface area contributed by atoms with Crippen molar-refractivity contribution in [3.63, 3.8) is 0 Å². The Labute approximate surface area is 216 Å². The minimum atomic E-state index is -0.833. The molecule has 0 unspecified atom stereocenters. The summed E-state index contributed by atoms with van der Waals surface area (Å²) in [5.41, 5.74) is 5.97. The van der Waals surface area contributed by atoms with Crippen molar-refractivity contribution in [2.24, 2.45) is 11.1 Å². The molecule has 2 aliphatic rings. The van der Waals surface area contributed by atoms with Crippen LogP contribution in [0.2, 0.25) is 0 Å². The number of rotatable bonds is 6. The molecule has 1 aliphatic heterocycles. The van der Waals surface area contributed by atoms with Crippen molar-refractivity contribution in [1.82, 2.24) is 9.47 Å². The van der Waals surface area contributed by atoms with Gasteiger partial charge in [0, 0.05) is 37.3 Å². The van der Waals surface area contributed by atoms with E-state index in [1.54, 1.807) is 24.0 Å². The molecule has 202 valence electrons. The maximum Gasteiger partial charge on any atom is 0.410 e. The molecule has 1 aliphatic carbocycles. The summed E-state index contributed by atoms with van der Waals surface area (Å²) in [7, 11) is 0. The lowest BCUT2D eigenvalue weighted by Gasteiger charge is -2.52. The molecule has 10 heteroatoms. The Kier molecular flexibility index (Phi) is 7.39. The van der Waals surface area contributed by atoms with Crippen LogP contribution in [0.5, 0.6) is 0 Å². The highest BCUT2D eigenvalue weighted by Gasteiger charge is 2.47. The van der Waals surface area contributed by atoms with Crippen molar-refractivity contribution in [1.29, 1.82) is 0 Å². The predicted molar refractivity (Wildman–Crippen MR) is 138 cm³/mol. The predicted octanol–water partition coefficient (Wildman–Crippen LogP) is 4.97. The summed E-state index contributed by atoms with van der Waals surface area (Å²) in [5.74, 6) is -1.02. The summed E-state index contributed by atoms with van der Waals surface area (Å²) in [5, 5.41) is 0.403. The molecule has 1 aromatic heterocycles. The van der Waals surface area contributed by atoms with Crippen LogP contribution in [-0.4, -0.2) is 59.4 Å². The van der Waals surface area contributed by atoms with Gasteiger partial charge in [0.1, 0.15) is 5.60 Å². The molecule has 0 atom stereocenters. The number of aromatic nitrogens is 1. The molecule has 1 aromatic carbocycles. The second-order valence-corrected chi connectivity index (χ2v) is 11.1. The number of carbonyl (C=O) groups is 3. The lowest BCUT2D eigenvalue weighted by molar-refractivity contribution is -0.142. The topological polar surface area (TPSA) is 107 Å². The molecule has 0 bridgehead atoms. The first kappa shape index (κ1) is 26.8. The van der Waals surface area contributed by atoms with Gasteiger partial charge in [0.25, 0.3) is 0 Å². The summed E-state index contributed by atoms with van der Waals surface area (Å²) in [4.78, 5) is 39.0. The van der Waals surface area contributed by atoms with Crippen LogP contribution in [0.25, 0.3) is 10.9 Å². The van der Waals surface area contributed by atoms with Crippen LogP contribution < -0.4 is 10.6 Å². The van der Waals surface area contributed by atoms with E-state index in [2.05, 4.69) is 4.57 Å². The van der Waals surface area contributed by atoms with Crippen molar-refractivity contribution >= 4 is 34.7 Å². The number of nitrogens with two attached hydrogens (primary N) is 1. The van der Waals surface area contributed by atoms with Gasteiger partial charge in [0.15, 0.2) is 5.82 Å². The van der Waals surface area contributed by atoms with E-state index in [-0.39, 0.29) is 42.8 Å². The van der Waals surface area contributed by atoms with E-state index in [4.69, 9.17) is 15.2 Å². The molecule has 2 fully saturated rings. The number of likely N-dealkylation sites (tertiary alicyclic amines) is 1. The van der Waals surface area contributed by atoms with Crippen LogP contribution in [-0.2, 0) is 14.3 Å². The Hall–Kier alpha value is -3.30. The lowest BCUT2D eigenvalue weighted by atomic mass is 9.60. The Morgan fingerprint density at radius 3 is 2.43 bits per heavy atom. The highest BCUT2D eigenvalue weighted by molar-refractivity contribution is 5.95. The van der Waals surface area contributed by atoms with Gasteiger partial charge in [-0.3, -0.25) is 9.69 Å². The van der Waals surface area contributed by atoms with Gasteiger partial charge in [-0.1, -0.05) is 0 Å². The summed E-state index contributed by atoms with van der Waals surface area (Å²) < 4.78 is 28.0. The summed E-state index contributed by atoms with van der Waals surface area (Å²) in [6, 6.07) is 4.46. The van der Waals surface area contributed by atoms with Crippen LogP contribution in [0.3, 0.4) is 0 Å². The minimum Gasteiger partial charge on any atom is -0.466 e. The second kappa shape index (κ2) is 10.2. The van der Waals surface area contributed by atoms with Gasteiger partial charge in [-0.05, 0) is 77.0 Å². The molecule has 0 radical (unpaired) electrons. The van der Waals surface area contributed by atoms with Crippen molar-refractivity contribution in [2.75, 3.05) is 31.1 Å². The third-order valence-electron chi connectivity index (χ3n) is 7.42. The molecular formula is C27H37FN4O5. The van der Waals surface area contributed by atoms with Crippen LogP contribution in [0.1, 0.15) is 65.8 Å². The third-order valence-corrected chi connectivity index (χ3v) is 7.42. The monoisotopic (exact) mass is 516 g/mol. The van der Waals surface area contributed by atoms with Crippen molar-refractivity contribution in [2.45, 2.75) is 71.4 Å². The highest BCUT2D eigenvalue weighted by Crippen LogP contribution is 2.55. The standard InChI is InChI=1S/C27H37FN4O5/c1-5-36-22(33)9-13-32(24(29)34)21-7-6-20-19(23(21)28)8-12-31(20)18-16-27(17-18)10-14-30(15-11-27)25(35)37-26(2,3)4/h6-8,12,18H,5,9-11,13-17H2,1-4H3,(H2,29,34). The number of nitrogens with zero attached hydrogens (tertiary/aromatic N) is 3. The van der Waals surface area contributed by atoms with Crippen LogP contribution >= 0.6 is 0 Å². The van der Waals surface area contributed by atoms with E-state index in [0.29, 0.717) is 18.5 Å². The third kappa shape index (κ3) is 5.67. The van der Waals surface area contributed by atoms with E-state index in [1.165, 1.54) is 6.07 Å². The Bertz CT molecular complexity index is 1170. The van der Waals surface area contributed by atoms with Crippen molar-refractivity contribution < 1.29 is 28.2 Å². The van der Waals surface area contributed by atoms with E-state index >= 15 is 4.39 Å². The molecule has 2 aromatic rings. The summed E-state index contributed by atoms with van der Waals surface area (Å²) >= 11 is 0. The number of anilines is 1. The number of primary amides is 1. The number of benzene rings is 1. The smallest absolute Gasteiger partial charge is 0.410 e. The number of urea groups is 1. The number of hydrogen-bond donors (Lipinski definition) is 1. The molecule has 3 amide bonds. The van der Waals surface area contributed by atoms with E-state index in [9.17, 15) is 14.4 Å². The fourth-order valence-corrected chi connectivity index (χ4v) is 5.54. The first-order valence-electron chi connectivity index (χ1n) is 12.9. The van der Waals surface area contributed by atoms with Gasteiger partial charge >= 0.3 is 18.1 Å². The second-order valence-electron chi connectivity index (χ2n) is 11.1. The lowest BCUT2D eigenvalue weighted by Crippen LogP contribution is -2.50. The molecule has 37 heavy (non-hydrogen) atoms. The number of fused-ring (bicyclic) bond motifs is 1.